The Morgan fingerprint density at radius 3 is 2.89 bits per heavy atom. The summed E-state index contributed by atoms with van der Waals surface area (Å²) < 4.78 is 0. The Kier molecular flexibility index (Phi) is 2.77. The molecule has 1 fully saturated rings. The van der Waals surface area contributed by atoms with E-state index in [1.807, 2.05) is 24.0 Å². The maximum atomic E-state index is 11.1. The highest BCUT2D eigenvalue weighted by atomic mass is 16.4. The van der Waals surface area contributed by atoms with Crippen molar-refractivity contribution in [3.63, 3.8) is 0 Å². The number of carboxylic acid groups (broad SMARTS) is 1. The summed E-state index contributed by atoms with van der Waals surface area (Å²) in [6.07, 6.45) is 3.88. The maximum Gasteiger partial charge on any atom is 0.308 e. The number of hydrogen-bond donors (Lipinski definition) is 1. The largest absolute Gasteiger partial charge is 0.481 e. The number of aliphatic carboxylic acids is 1. The van der Waals surface area contributed by atoms with Crippen LogP contribution in [0.1, 0.15) is 13.3 Å². The van der Waals surface area contributed by atoms with E-state index in [9.17, 15) is 4.79 Å². The quantitative estimate of drug-likeness (QED) is 0.875. The van der Waals surface area contributed by atoms with Gasteiger partial charge in [0.05, 0.1) is 5.92 Å². The molecule has 19 heavy (non-hydrogen) atoms. The fourth-order valence-corrected chi connectivity index (χ4v) is 2.60. The average Bonchev–Trinajstić information content (AvgIpc) is 2.80. The highest BCUT2D eigenvalue weighted by molar-refractivity contribution is 5.74. The van der Waals surface area contributed by atoms with Gasteiger partial charge in [-0.3, -0.25) is 9.78 Å². The summed E-state index contributed by atoms with van der Waals surface area (Å²) in [4.78, 5) is 26.0. The predicted molar refractivity (Wildman–Crippen MR) is 69.9 cm³/mol. The molecule has 0 amide bonds. The highest BCUT2D eigenvalue weighted by Gasteiger charge is 2.36. The van der Waals surface area contributed by atoms with Crippen LogP contribution in [-0.2, 0) is 4.79 Å². The van der Waals surface area contributed by atoms with Gasteiger partial charge in [-0.2, -0.15) is 0 Å². The van der Waals surface area contributed by atoms with Crippen LogP contribution in [0.3, 0.4) is 0 Å². The molecule has 2 aromatic rings. The molecule has 1 aliphatic rings. The number of fused-ring (bicyclic) bond motifs is 1. The van der Waals surface area contributed by atoms with Gasteiger partial charge < -0.3 is 10.0 Å². The van der Waals surface area contributed by atoms with Gasteiger partial charge in [0.25, 0.3) is 0 Å². The van der Waals surface area contributed by atoms with Crippen LogP contribution in [0.5, 0.6) is 0 Å². The third-order valence-electron chi connectivity index (χ3n) is 3.68. The van der Waals surface area contributed by atoms with E-state index >= 15 is 0 Å². The highest BCUT2D eigenvalue weighted by Crippen LogP contribution is 2.29. The van der Waals surface area contributed by atoms with E-state index in [0.29, 0.717) is 18.6 Å². The first-order valence-electron chi connectivity index (χ1n) is 6.24. The van der Waals surface area contributed by atoms with Crippen LogP contribution in [0, 0.1) is 5.92 Å². The van der Waals surface area contributed by atoms with Gasteiger partial charge in [0.15, 0.2) is 5.65 Å². The van der Waals surface area contributed by atoms with Gasteiger partial charge in [0, 0.05) is 25.0 Å². The monoisotopic (exact) mass is 258 g/mol. The number of aromatic nitrogens is 3. The van der Waals surface area contributed by atoms with Gasteiger partial charge >= 0.3 is 5.97 Å². The lowest BCUT2D eigenvalue weighted by atomic mass is 10.0. The van der Waals surface area contributed by atoms with Gasteiger partial charge in [-0.05, 0) is 25.5 Å². The Hall–Kier alpha value is -2.24. The Morgan fingerprint density at radius 1 is 1.37 bits per heavy atom. The normalized spacial score (nSPS) is 22.9. The smallest absolute Gasteiger partial charge is 0.308 e. The molecule has 0 radical (unpaired) electrons. The maximum absolute atomic E-state index is 11.1. The Balaban J connectivity index is 1.94. The Labute approximate surface area is 110 Å². The van der Waals surface area contributed by atoms with Crippen LogP contribution in [0.4, 0.5) is 5.82 Å². The zero-order valence-corrected chi connectivity index (χ0v) is 10.5. The molecule has 6 nitrogen and oxygen atoms in total. The Bertz CT molecular complexity index is 631. The van der Waals surface area contributed by atoms with Gasteiger partial charge in [-0.1, -0.05) is 0 Å². The van der Waals surface area contributed by atoms with Crippen molar-refractivity contribution in [3.05, 3.63) is 24.5 Å². The summed E-state index contributed by atoms with van der Waals surface area (Å²) in [6.45, 7) is 2.63. The van der Waals surface area contributed by atoms with Crippen molar-refractivity contribution in [2.45, 2.75) is 19.4 Å². The molecule has 1 N–H and O–H groups in total. The summed E-state index contributed by atoms with van der Waals surface area (Å²) in [6, 6.07) is 3.68. The minimum atomic E-state index is -0.740. The minimum Gasteiger partial charge on any atom is -0.481 e. The van der Waals surface area contributed by atoms with E-state index in [2.05, 4.69) is 15.0 Å². The van der Waals surface area contributed by atoms with Crippen molar-refractivity contribution >= 4 is 23.0 Å². The molecule has 3 rings (SSSR count). The Morgan fingerprint density at radius 2 is 2.16 bits per heavy atom. The van der Waals surface area contributed by atoms with Gasteiger partial charge in [0.1, 0.15) is 11.3 Å². The molecule has 0 saturated carbocycles. The second-order valence-electron chi connectivity index (χ2n) is 4.74. The standard InChI is InChI=1S/C13H14N4O2/c1-8-9(13(18)19)4-7-17(8)11-3-2-10-12(16-11)15-6-5-14-10/h2-3,5-6,8-9H,4,7H2,1H3,(H,18,19). The summed E-state index contributed by atoms with van der Waals surface area (Å²) in [5.74, 6) is -0.306. The number of anilines is 1. The third kappa shape index (κ3) is 1.99. The first-order chi connectivity index (χ1) is 9.16. The summed E-state index contributed by atoms with van der Waals surface area (Å²) >= 11 is 0. The lowest BCUT2D eigenvalue weighted by molar-refractivity contribution is -0.141. The number of pyridine rings is 1. The average molecular weight is 258 g/mol. The number of nitrogens with zero attached hydrogens (tertiary/aromatic N) is 4. The molecule has 0 spiro atoms. The second kappa shape index (κ2) is 4.46. The topological polar surface area (TPSA) is 79.2 Å². The summed E-state index contributed by atoms with van der Waals surface area (Å²) in [5.41, 5.74) is 1.33. The summed E-state index contributed by atoms with van der Waals surface area (Å²) in [7, 11) is 0. The molecule has 2 aromatic heterocycles. The zero-order chi connectivity index (χ0) is 13.4. The molecule has 1 aliphatic heterocycles. The lowest BCUT2D eigenvalue weighted by Gasteiger charge is -2.24. The number of rotatable bonds is 2. The molecule has 6 heteroatoms. The van der Waals surface area contributed by atoms with Gasteiger partial charge in [-0.15, -0.1) is 0 Å². The van der Waals surface area contributed by atoms with Crippen molar-refractivity contribution in [2.75, 3.05) is 11.4 Å². The predicted octanol–water partition coefficient (Wildman–Crippen LogP) is 1.32. The number of carbonyl (C=O) groups is 1. The van der Waals surface area contributed by atoms with E-state index in [-0.39, 0.29) is 12.0 Å². The van der Waals surface area contributed by atoms with E-state index in [4.69, 9.17) is 5.11 Å². The SMILES string of the molecule is CC1C(C(=O)O)CCN1c1ccc2nccnc2n1. The fourth-order valence-electron chi connectivity index (χ4n) is 2.60. The minimum absolute atomic E-state index is 0.0564. The van der Waals surface area contributed by atoms with Gasteiger partial charge in [0.2, 0.25) is 0 Å². The molecule has 0 bridgehead atoms. The number of carboxylic acids is 1. The number of hydrogen-bond acceptors (Lipinski definition) is 5. The molecule has 3 heterocycles. The first-order valence-corrected chi connectivity index (χ1v) is 6.24. The molecule has 98 valence electrons. The van der Waals surface area contributed by atoms with Crippen LogP contribution < -0.4 is 4.90 Å². The van der Waals surface area contributed by atoms with Crippen LogP contribution in [0.15, 0.2) is 24.5 Å². The third-order valence-corrected chi connectivity index (χ3v) is 3.68. The molecule has 2 unspecified atom stereocenters. The van der Waals surface area contributed by atoms with Crippen LogP contribution >= 0.6 is 0 Å². The van der Waals surface area contributed by atoms with Crippen LogP contribution in [-0.4, -0.2) is 38.6 Å². The fraction of sp³-hybridized carbons (Fsp3) is 0.385. The summed E-state index contributed by atoms with van der Waals surface area (Å²) in [5, 5.41) is 9.15. The molecule has 0 aliphatic carbocycles. The van der Waals surface area contributed by atoms with Crippen molar-refractivity contribution in [1.82, 2.24) is 15.0 Å². The van der Waals surface area contributed by atoms with Crippen molar-refractivity contribution in [3.8, 4) is 0 Å². The van der Waals surface area contributed by atoms with Crippen LogP contribution in [0.2, 0.25) is 0 Å². The van der Waals surface area contributed by atoms with E-state index in [0.717, 1.165) is 11.3 Å². The van der Waals surface area contributed by atoms with E-state index < -0.39 is 5.97 Å². The molecule has 2 atom stereocenters. The van der Waals surface area contributed by atoms with Crippen molar-refractivity contribution in [1.29, 1.82) is 0 Å². The van der Waals surface area contributed by atoms with Crippen molar-refractivity contribution in [2.24, 2.45) is 5.92 Å². The first kappa shape index (κ1) is 11.8. The van der Waals surface area contributed by atoms with Crippen LogP contribution in [0.25, 0.3) is 11.2 Å². The molecular weight excluding hydrogens is 244 g/mol. The molecule has 1 saturated heterocycles. The van der Waals surface area contributed by atoms with Gasteiger partial charge in [-0.25, -0.2) is 9.97 Å². The lowest BCUT2D eigenvalue weighted by Crippen LogP contribution is -2.33. The van der Waals surface area contributed by atoms with Crippen molar-refractivity contribution < 1.29 is 9.90 Å². The zero-order valence-electron chi connectivity index (χ0n) is 10.5. The molecule has 0 aromatic carbocycles. The molecular formula is C13H14N4O2. The second-order valence-corrected chi connectivity index (χ2v) is 4.74. The van der Waals surface area contributed by atoms with E-state index in [1.54, 1.807) is 12.4 Å². The van der Waals surface area contributed by atoms with E-state index in [1.165, 1.54) is 0 Å².